The lowest BCUT2D eigenvalue weighted by Crippen LogP contribution is -2.22. The van der Waals surface area contributed by atoms with E-state index in [0.717, 1.165) is 0 Å². The average molecular weight is 468 g/mol. The Labute approximate surface area is 185 Å². The van der Waals surface area contributed by atoms with Gasteiger partial charge in [0.1, 0.15) is 8.98 Å². The molecule has 1 aromatic rings. The Bertz CT molecular complexity index is 733. The first-order chi connectivity index (χ1) is 12.6. The number of hydrogen-bond donors (Lipinski definition) is 0. The topological polar surface area (TPSA) is 52.6 Å². The number of hydrogen-bond acceptors (Lipinski definition) is 4. The van der Waals surface area contributed by atoms with Crippen LogP contribution in [0.2, 0.25) is 0 Å². The summed E-state index contributed by atoms with van der Waals surface area (Å²) < 4.78 is 10.3. The zero-order valence-electron chi connectivity index (χ0n) is 16.5. The Morgan fingerprint density at radius 2 is 0.893 bits per heavy atom. The molecular weight excluding hydrogens is 446 g/mol. The van der Waals surface area contributed by atoms with Gasteiger partial charge in [0.15, 0.2) is 11.5 Å². The fourth-order valence-electron chi connectivity index (χ4n) is 1.68. The van der Waals surface area contributed by atoms with Crippen molar-refractivity contribution in [2.24, 2.45) is 10.8 Å². The molecule has 0 spiro atoms. The molecule has 0 radical (unpaired) electrons. The highest BCUT2D eigenvalue weighted by Gasteiger charge is 2.27. The third-order valence-corrected chi connectivity index (χ3v) is 4.05. The maximum absolute atomic E-state index is 12.2. The van der Waals surface area contributed by atoms with Gasteiger partial charge in [0.2, 0.25) is 0 Å². The lowest BCUT2D eigenvalue weighted by molar-refractivity contribution is -0.146. The summed E-state index contributed by atoms with van der Waals surface area (Å²) in [6.07, 6.45) is 0. The van der Waals surface area contributed by atoms with Crippen LogP contribution in [0.4, 0.5) is 0 Å². The van der Waals surface area contributed by atoms with Gasteiger partial charge in [0, 0.05) is 11.1 Å². The summed E-state index contributed by atoms with van der Waals surface area (Å²) in [6, 6.07) is 6.36. The molecule has 1 aromatic carbocycles. The van der Waals surface area contributed by atoms with Crippen molar-refractivity contribution < 1.29 is 19.1 Å². The number of carbonyl (C=O) groups is 2. The Balaban J connectivity index is 3.20. The van der Waals surface area contributed by atoms with Crippen molar-refractivity contribution >= 4 is 69.9 Å². The van der Waals surface area contributed by atoms with Crippen molar-refractivity contribution in [2.45, 2.75) is 41.5 Å². The van der Waals surface area contributed by atoms with Crippen molar-refractivity contribution in [1.29, 1.82) is 0 Å². The summed E-state index contributed by atoms with van der Waals surface area (Å²) in [5, 5.41) is 0. The Morgan fingerprint density at radius 3 is 1.07 bits per heavy atom. The molecule has 0 saturated heterocycles. The van der Waals surface area contributed by atoms with E-state index in [2.05, 4.69) is 0 Å². The fraction of sp³-hybridized carbons (Fsp3) is 0.400. The van der Waals surface area contributed by atoms with Crippen molar-refractivity contribution in [3.63, 3.8) is 0 Å². The molecule has 0 aliphatic rings. The molecule has 0 fully saturated rings. The predicted octanol–water partition coefficient (Wildman–Crippen LogP) is 7.07. The molecule has 28 heavy (non-hydrogen) atoms. The summed E-state index contributed by atoms with van der Waals surface area (Å²) in [7, 11) is 0. The van der Waals surface area contributed by atoms with Gasteiger partial charge in [-0.15, -0.1) is 0 Å². The number of carbonyl (C=O) groups excluding carboxylic acids is 2. The van der Waals surface area contributed by atoms with E-state index in [1.807, 2.05) is 0 Å². The van der Waals surface area contributed by atoms with Gasteiger partial charge >= 0.3 is 11.9 Å². The quantitative estimate of drug-likeness (QED) is 0.350. The van der Waals surface area contributed by atoms with Crippen LogP contribution in [-0.4, -0.2) is 11.9 Å². The second-order valence-corrected chi connectivity index (χ2v) is 9.93. The monoisotopic (exact) mass is 466 g/mol. The van der Waals surface area contributed by atoms with Crippen LogP contribution in [0.25, 0.3) is 11.5 Å². The number of ether oxygens (including phenoxy) is 2. The van der Waals surface area contributed by atoms with Crippen molar-refractivity contribution in [3.8, 4) is 0 Å². The molecule has 0 atom stereocenters. The van der Waals surface area contributed by atoms with Crippen LogP contribution in [0.15, 0.2) is 33.2 Å². The van der Waals surface area contributed by atoms with Crippen LogP contribution in [0.1, 0.15) is 52.7 Å². The molecule has 0 saturated carbocycles. The van der Waals surface area contributed by atoms with E-state index in [-0.39, 0.29) is 20.5 Å². The van der Waals surface area contributed by atoms with Crippen LogP contribution in [0.5, 0.6) is 0 Å². The largest absolute Gasteiger partial charge is 0.423 e. The molecule has 0 amide bonds. The first-order valence-electron chi connectivity index (χ1n) is 8.30. The van der Waals surface area contributed by atoms with Crippen LogP contribution in [0, 0.1) is 10.8 Å². The second-order valence-electron chi connectivity index (χ2n) is 8.04. The highest BCUT2D eigenvalue weighted by atomic mass is 35.5. The zero-order valence-corrected chi connectivity index (χ0v) is 19.5. The van der Waals surface area contributed by atoms with Gasteiger partial charge in [-0.25, -0.2) is 0 Å². The van der Waals surface area contributed by atoms with Crippen molar-refractivity contribution in [1.82, 2.24) is 0 Å². The minimum atomic E-state index is -0.738. The molecule has 0 aliphatic heterocycles. The van der Waals surface area contributed by atoms with Gasteiger partial charge in [0.25, 0.3) is 0 Å². The Kier molecular flexibility index (Phi) is 8.46. The first kappa shape index (κ1) is 24.8. The lowest BCUT2D eigenvalue weighted by Gasteiger charge is -2.19. The van der Waals surface area contributed by atoms with E-state index in [4.69, 9.17) is 55.9 Å². The standard InChI is InChI=1S/C20H22Cl4O4/c1-19(2,3)17(25)27-13(15(21)22)11-7-9-12(10-8-11)14(16(23)24)28-18(26)20(4,5)6/h7-10H,1-6H3. The summed E-state index contributed by atoms with van der Waals surface area (Å²) in [6.45, 7) is 10.3. The SMILES string of the molecule is CC(C)(C)C(=O)OC(=C(Cl)Cl)c1ccc(C(OC(=O)C(C)(C)C)=C(Cl)Cl)cc1. The van der Waals surface area contributed by atoms with Gasteiger partial charge in [-0.2, -0.15) is 0 Å². The summed E-state index contributed by atoms with van der Waals surface area (Å²) in [5.74, 6) is -0.948. The number of rotatable bonds is 4. The fourth-order valence-corrected chi connectivity index (χ4v) is 2.27. The number of benzene rings is 1. The summed E-state index contributed by atoms with van der Waals surface area (Å²) in [4.78, 5) is 24.3. The van der Waals surface area contributed by atoms with Gasteiger partial charge in [-0.05, 0) is 41.5 Å². The van der Waals surface area contributed by atoms with Gasteiger partial charge in [-0.3, -0.25) is 9.59 Å². The minimum absolute atomic E-state index is 0.0176. The van der Waals surface area contributed by atoms with Crippen molar-refractivity contribution in [2.75, 3.05) is 0 Å². The van der Waals surface area contributed by atoms with E-state index < -0.39 is 22.8 Å². The lowest BCUT2D eigenvalue weighted by atomic mass is 9.97. The second kappa shape index (κ2) is 9.53. The Hall–Kier alpha value is -1.20. The van der Waals surface area contributed by atoms with Crippen molar-refractivity contribution in [3.05, 3.63) is 44.4 Å². The molecule has 0 N–H and O–H groups in total. The highest BCUT2D eigenvalue weighted by molar-refractivity contribution is 6.58. The molecule has 0 aromatic heterocycles. The number of halogens is 4. The van der Waals surface area contributed by atoms with E-state index in [1.165, 1.54) is 0 Å². The molecule has 154 valence electrons. The smallest absolute Gasteiger partial charge is 0.316 e. The van der Waals surface area contributed by atoms with Gasteiger partial charge < -0.3 is 9.47 Å². The van der Waals surface area contributed by atoms with E-state index in [0.29, 0.717) is 11.1 Å². The molecule has 0 bridgehead atoms. The molecule has 0 aliphatic carbocycles. The molecular formula is C20H22Cl4O4. The molecule has 4 nitrogen and oxygen atoms in total. The summed E-state index contributed by atoms with van der Waals surface area (Å²) >= 11 is 23.6. The van der Waals surface area contributed by atoms with Crippen LogP contribution in [-0.2, 0) is 19.1 Å². The van der Waals surface area contributed by atoms with E-state index in [1.54, 1.807) is 65.8 Å². The zero-order chi connectivity index (χ0) is 21.9. The Morgan fingerprint density at radius 1 is 0.643 bits per heavy atom. The number of esters is 2. The highest BCUT2D eigenvalue weighted by Crippen LogP contribution is 2.32. The molecule has 1 rings (SSSR count). The van der Waals surface area contributed by atoms with Gasteiger partial charge in [0.05, 0.1) is 10.8 Å². The summed E-state index contributed by atoms with van der Waals surface area (Å²) in [5.41, 5.74) is -0.572. The van der Waals surface area contributed by atoms with E-state index in [9.17, 15) is 9.59 Å². The minimum Gasteiger partial charge on any atom is -0.423 e. The molecule has 0 unspecified atom stereocenters. The normalized spacial score (nSPS) is 11.5. The maximum atomic E-state index is 12.2. The molecule has 8 heteroatoms. The maximum Gasteiger partial charge on any atom is 0.316 e. The third-order valence-electron chi connectivity index (χ3n) is 3.37. The van der Waals surface area contributed by atoms with Crippen LogP contribution >= 0.6 is 46.4 Å². The van der Waals surface area contributed by atoms with Crippen LogP contribution < -0.4 is 0 Å². The first-order valence-corrected chi connectivity index (χ1v) is 9.81. The van der Waals surface area contributed by atoms with Crippen LogP contribution in [0.3, 0.4) is 0 Å². The van der Waals surface area contributed by atoms with Gasteiger partial charge in [-0.1, -0.05) is 70.7 Å². The third kappa shape index (κ3) is 7.00. The molecule has 0 heterocycles. The van der Waals surface area contributed by atoms with E-state index >= 15 is 0 Å². The average Bonchev–Trinajstić information content (AvgIpc) is 2.55. The predicted molar refractivity (Wildman–Crippen MR) is 115 cm³/mol.